The molecule has 0 radical (unpaired) electrons. The number of nitrogens with zero attached hydrogens (tertiary/aromatic N) is 3. The first-order valence-corrected chi connectivity index (χ1v) is 10.3. The maximum absolute atomic E-state index is 13.5. The number of hydrogen-bond acceptors (Lipinski definition) is 5. The summed E-state index contributed by atoms with van der Waals surface area (Å²) in [5, 5.41) is 6.90. The lowest BCUT2D eigenvalue weighted by molar-refractivity contribution is -0.117. The van der Waals surface area contributed by atoms with Crippen LogP contribution in [0.4, 0.5) is 5.69 Å². The number of benzene rings is 2. The van der Waals surface area contributed by atoms with Gasteiger partial charge >= 0.3 is 0 Å². The van der Waals surface area contributed by atoms with Crippen LogP contribution in [-0.4, -0.2) is 28.2 Å². The number of aromatic nitrogens is 3. The second-order valence-corrected chi connectivity index (χ2v) is 7.71. The third-order valence-corrected chi connectivity index (χ3v) is 5.52. The van der Waals surface area contributed by atoms with Crippen LogP contribution in [0.25, 0.3) is 22.8 Å². The number of H-pyrrole nitrogens is 1. The number of nitrogens with one attached hydrogen (secondary N) is 1. The number of methoxy groups -OCH3 is 1. The molecule has 32 heavy (non-hydrogen) atoms. The van der Waals surface area contributed by atoms with Crippen molar-refractivity contribution in [2.75, 3.05) is 12.0 Å². The van der Waals surface area contributed by atoms with Crippen LogP contribution < -0.4 is 9.64 Å². The maximum Gasteiger partial charge on any atom is 0.231 e. The van der Waals surface area contributed by atoms with E-state index in [1.807, 2.05) is 66.6 Å². The van der Waals surface area contributed by atoms with Crippen molar-refractivity contribution in [2.24, 2.45) is 0 Å². The predicted molar refractivity (Wildman–Crippen MR) is 122 cm³/mol. The van der Waals surface area contributed by atoms with Gasteiger partial charge in [0.1, 0.15) is 11.5 Å². The van der Waals surface area contributed by atoms with E-state index in [2.05, 4.69) is 15.2 Å². The topological polar surface area (TPSA) is 84.2 Å². The van der Waals surface area contributed by atoms with Crippen LogP contribution in [0.3, 0.4) is 0 Å². The molecule has 7 heteroatoms. The van der Waals surface area contributed by atoms with E-state index >= 15 is 0 Å². The Kier molecular flexibility index (Phi) is 5.07. The Hall–Kier alpha value is -4.13. The second-order valence-electron chi connectivity index (χ2n) is 7.71. The number of anilines is 1. The molecule has 2 aromatic carbocycles. The van der Waals surface area contributed by atoms with Gasteiger partial charge < -0.3 is 14.1 Å². The van der Waals surface area contributed by atoms with Gasteiger partial charge in [-0.25, -0.2) is 4.98 Å². The third kappa shape index (κ3) is 3.80. The average molecular weight is 426 g/mol. The first kappa shape index (κ1) is 19.8. The Balaban J connectivity index is 1.59. The molecule has 4 aromatic rings. The number of fused-ring (bicyclic) bond motifs is 1. The molecule has 0 atom stereocenters. The molecule has 0 fully saturated rings. The zero-order valence-corrected chi connectivity index (χ0v) is 17.8. The van der Waals surface area contributed by atoms with Crippen LogP contribution in [-0.2, 0) is 11.3 Å². The van der Waals surface area contributed by atoms with Crippen molar-refractivity contribution >= 4 is 23.2 Å². The molecule has 1 N–H and O–H groups in total. The highest BCUT2D eigenvalue weighted by molar-refractivity contribution is 6.06. The van der Waals surface area contributed by atoms with E-state index in [1.165, 1.54) is 0 Å². The molecule has 1 amide bonds. The van der Waals surface area contributed by atoms with Crippen LogP contribution >= 0.6 is 0 Å². The minimum Gasteiger partial charge on any atom is -0.497 e. The molecule has 0 saturated carbocycles. The number of amides is 1. The van der Waals surface area contributed by atoms with Crippen molar-refractivity contribution in [2.45, 2.75) is 19.9 Å². The van der Waals surface area contributed by atoms with Gasteiger partial charge in [0, 0.05) is 17.3 Å². The van der Waals surface area contributed by atoms with Gasteiger partial charge in [0.2, 0.25) is 11.8 Å². The maximum atomic E-state index is 13.5. The van der Waals surface area contributed by atoms with Crippen molar-refractivity contribution in [1.82, 2.24) is 15.2 Å². The summed E-state index contributed by atoms with van der Waals surface area (Å²) < 4.78 is 11.0. The first-order valence-electron chi connectivity index (χ1n) is 10.3. The van der Waals surface area contributed by atoms with Crippen molar-refractivity contribution in [3.63, 3.8) is 0 Å². The summed E-state index contributed by atoms with van der Waals surface area (Å²) in [7, 11) is 1.64. The SMILES string of the molecule is COc1ccc(CN2C(=O)CC(c3ncc(C)o3)=Cc3ccc(-c4cn[nH]c4)cc32)cc1. The number of carbonyl (C=O) groups is 1. The zero-order chi connectivity index (χ0) is 22.1. The van der Waals surface area contributed by atoms with Gasteiger partial charge in [-0.1, -0.05) is 24.3 Å². The number of aromatic amines is 1. The number of carbonyl (C=O) groups excluding carboxylic acids is 1. The minimum atomic E-state index is -0.0222. The molecular weight excluding hydrogens is 404 g/mol. The fourth-order valence-corrected chi connectivity index (χ4v) is 3.85. The van der Waals surface area contributed by atoms with Crippen LogP contribution in [0.15, 0.2) is 65.5 Å². The molecule has 0 spiro atoms. The lowest BCUT2D eigenvalue weighted by atomic mass is 10.0. The number of ether oxygens (including phenoxy) is 1. The van der Waals surface area contributed by atoms with E-state index in [1.54, 1.807) is 19.5 Å². The van der Waals surface area contributed by atoms with Gasteiger partial charge in [-0.2, -0.15) is 5.10 Å². The van der Waals surface area contributed by atoms with Crippen LogP contribution in [0.1, 0.15) is 29.2 Å². The van der Waals surface area contributed by atoms with Crippen LogP contribution in [0, 0.1) is 6.92 Å². The number of oxazole rings is 1. The predicted octanol–water partition coefficient (Wildman–Crippen LogP) is 4.86. The molecule has 7 nitrogen and oxygen atoms in total. The van der Waals surface area contributed by atoms with Gasteiger partial charge in [-0.05, 0) is 47.9 Å². The Morgan fingerprint density at radius 1 is 1.12 bits per heavy atom. The normalized spacial score (nSPS) is 13.5. The summed E-state index contributed by atoms with van der Waals surface area (Å²) in [4.78, 5) is 19.6. The molecule has 3 heterocycles. The molecule has 1 aliphatic heterocycles. The summed E-state index contributed by atoms with van der Waals surface area (Å²) in [6.45, 7) is 2.28. The number of rotatable bonds is 5. The van der Waals surface area contributed by atoms with Crippen molar-refractivity contribution in [3.05, 3.63) is 83.8 Å². The molecule has 0 saturated heterocycles. The first-order chi connectivity index (χ1) is 15.6. The van der Waals surface area contributed by atoms with Crippen molar-refractivity contribution in [1.29, 1.82) is 0 Å². The Morgan fingerprint density at radius 3 is 2.66 bits per heavy atom. The van der Waals surface area contributed by atoms with Gasteiger partial charge in [0.25, 0.3) is 0 Å². The summed E-state index contributed by atoms with van der Waals surface area (Å²) in [6.07, 6.45) is 7.47. The smallest absolute Gasteiger partial charge is 0.231 e. The molecule has 0 bridgehead atoms. The van der Waals surface area contributed by atoms with Crippen LogP contribution in [0.2, 0.25) is 0 Å². The highest BCUT2D eigenvalue weighted by Gasteiger charge is 2.26. The van der Waals surface area contributed by atoms with Gasteiger partial charge in [-0.3, -0.25) is 9.89 Å². The fourth-order valence-electron chi connectivity index (χ4n) is 3.85. The highest BCUT2D eigenvalue weighted by Crippen LogP contribution is 2.36. The fraction of sp³-hybridized carbons (Fsp3) is 0.160. The lowest BCUT2D eigenvalue weighted by Gasteiger charge is -2.24. The Bertz CT molecular complexity index is 1290. The number of hydrogen-bond donors (Lipinski definition) is 1. The molecule has 0 unspecified atom stereocenters. The molecular formula is C25H22N4O3. The monoisotopic (exact) mass is 426 g/mol. The Labute approximate surface area is 185 Å². The van der Waals surface area contributed by atoms with Gasteiger partial charge in [-0.15, -0.1) is 0 Å². The van der Waals surface area contributed by atoms with Crippen LogP contribution in [0.5, 0.6) is 5.75 Å². The van der Waals surface area contributed by atoms with Gasteiger partial charge in [0.15, 0.2) is 0 Å². The summed E-state index contributed by atoms with van der Waals surface area (Å²) in [5.41, 5.74) is 5.48. The highest BCUT2D eigenvalue weighted by atomic mass is 16.5. The summed E-state index contributed by atoms with van der Waals surface area (Å²) >= 11 is 0. The standard InChI is InChI=1S/C25H22N4O3/c1-16-12-26-25(32-16)20-9-19-6-5-18(21-13-27-28-14-21)10-23(19)29(24(30)11-20)15-17-3-7-22(31-2)8-4-17/h3-10,12-14H,11,15H2,1-2H3,(H,27,28). The lowest BCUT2D eigenvalue weighted by Crippen LogP contribution is -2.30. The van der Waals surface area contributed by atoms with E-state index in [4.69, 9.17) is 9.15 Å². The van der Waals surface area contributed by atoms with E-state index in [0.29, 0.717) is 18.2 Å². The summed E-state index contributed by atoms with van der Waals surface area (Å²) in [5.74, 6) is 1.95. The van der Waals surface area contributed by atoms with Crippen molar-refractivity contribution in [3.8, 4) is 16.9 Å². The van der Waals surface area contributed by atoms with Gasteiger partial charge in [0.05, 0.1) is 38.2 Å². The molecule has 160 valence electrons. The largest absolute Gasteiger partial charge is 0.497 e. The van der Waals surface area contributed by atoms with E-state index < -0.39 is 0 Å². The molecule has 5 rings (SSSR count). The second kappa shape index (κ2) is 8.19. The molecule has 0 aliphatic carbocycles. The third-order valence-electron chi connectivity index (χ3n) is 5.52. The Morgan fingerprint density at radius 2 is 1.97 bits per heavy atom. The summed E-state index contributed by atoms with van der Waals surface area (Å²) in [6, 6.07) is 13.8. The number of aryl methyl sites for hydroxylation is 1. The minimum absolute atomic E-state index is 0.0222. The average Bonchev–Trinajstić information content (AvgIpc) is 3.47. The quantitative estimate of drug-likeness (QED) is 0.493. The zero-order valence-electron chi connectivity index (χ0n) is 17.8. The van der Waals surface area contributed by atoms with Crippen molar-refractivity contribution < 1.29 is 13.9 Å². The van der Waals surface area contributed by atoms with E-state index in [0.717, 1.165) is 39.3 Å². The molecule has 1 aliphatic rings. The molecule has 2 aromatic heterocycles. The van der Waals surface area contributed by atoms with E-state index in [9.17, 15) is 4.79 Å². The van der Waals surface area contributed by atoms with E-state index in [-0.39, 0.29) is 12.3 Å².